The number of benzene rings is 1. The van der Waals surface area contributed by atoms with Crippen LogP contribution in [-0.4, -0.2) is 25.3 Å². The molecule has 0 unspecified atom stereocenters. The average molecular weight is 228 g/mol. The van der Waals surface area contributed by atoms with Gasteiger partial charge in [0.1, 0.15) is 12.4 Å². The first-order valence-electron chi connectivity index (χ1n) is 4.27. The molecular weight excluding hydrogens is 216 g/mol. The molecule has 0 spiro atoms. The van der Waals surface area contributed by atoms with E-state index in [0.717, 1.165) is 0 Å². The summed E-state index contributed by atoms with van der Waals surface area (Å²) in [6.07, 6.45) is 0. The zero-order valence-electron chi connectivity index (χ0n) is 8.09. The Labute approximate surface area is 88.9 Å². The van der Waals surface area contributed by atoms with E-state index in [2.05, 4.69) is 6.58 Å². The summed E-state index contributed by atoms with van der Waals surface area (Å²) in [6.45, 7) is 3.56. The van der Waals surface area contributed by atoms with Crippen LogP contribution in [0.25, 0.3) is 0 Å². The molecule has 0 saturated carbocycles. The van der Waals surface area contributed by atoms with E-state index in [1.807, 2.05) is 6.07 Å². The van der Waals surface area contributed by atoms with E-state index in [1.54, 1.807) is 24.3 Å². The molecule has 15 heavy (non-hydrogen) atoms. The van der Waals surface area contributed by atoms with Crippen molar-refractivity contribution in [1.29, 1.82) is 0 Å². The van der Waals surface area contributed by atoms with E-state index in [-0.39, 0.29) is 6.61 Å². The summed E-state index contributed by atoms with van der Waals surface area (Å²) in [5.41, 5.74) is 0.307. The third-order valence-corrected chi connectivity index (χ3v) is 2.35. The van der Waals surface area contributed by atoms with Crippen LogP contribution in [0, 0.1) is 0 Å². The van der Waals surface area contributed by atoms with Gasteiger partial charge >= 0.3 is 0 Å². The first-order valence-corrected chi connectivity index (χ1v) is 5.88. The Hall–Kier alpha value is -1.33. The van der Waals surface area contributed by atoms with E-state index >= 15 is 0 Å². The average Bonchev–Trinajstić information content (AvgIpc) is 2.14. The Kier molecular flexibility index (Phi) is 3.88. The van der Waals surface area contributed by atoms with E-state index < -0.39 is 15.9 Å². The van der Waals surface area contributed by atoms with Crippen molar-refractivity contribution in [1.82, 2.24) is 0 Å². The molecule has 0 aliphatic heterocycles. The van der Waals surface area contributed by atoms with Crippen LogP contribution in [0.5, 0.6) is 5.75 Å². The number of hydrogen-bond acceptors (Lipinski definition) is 3. The van der Waals surface area contributed by atoms with Crippen molar-refractivity contribution in [2.75, 3.05) is 12.4 Å². The first kappa shape index (κ1) is 11.7. The molecule has 0 atom stereocenters. The monoisotopic (exact) mass is 228 g/mol. The molecule has 5 heteroatoms. The van der Waals surface area contributed by atoms with E-state index in [4.69, 9.17) is 9.29 Å². The molecule has 0 amide bonds. The second kappa shape index (κ2) is 4.95. The van der Waals surface area contributed by atoms with Crippen LogP contribution in [0.2, 0.25) is 0 Å². The van der Waals surface area contributed by atoms with Gasteiger partial charge in [-0.2, -0.15) is 8.42 Å². The number of hydrogen-bond donors (Lipinski definition) is 1. The maximum atomic E-state index is 10.5. The molecule has 0 aliphatic carbocycles. The summed E-state index contributed by atoms with van der Waals surface area (Å²) < 4.78 is 34.8. The summed E-state index contributed by atoms with van der Waals surface area (Å²) in [5, 5.41) is 0. The predicted octanol–water partition coefficient (Wildman–Crippen LogP) is 1.51. The van der Waals surface area contributed by atoms with Crippen LogP contribution < -0.4 is 4.74 Å². The molecule has 0 heterocycles. The van der Waals surface area contributed by atoms with Crippen molar-refractivity contribution >= 4 is 10.1 Å². The fraction of sp³-hybridized carbons (Fsp3) is 0.200. The van der Waals surface area contributed by atoms with Gasteiger partial charge in [-0.05, 0) is 17.7 Å². The minimum atomic E-state index is -4.01. The van der Waals surface area contributed by atoms with Gasteiger partial charge in [0.2, 0.25) is 0 Å². The smallest absolute Gasteiger partial charge is 0.268 e. The fourth-order valence-electron chi connectivity index (χ4n) is 1.00. The number of para-hydroxylation sites is 1. The second-order valence-corrected chi connectivity index (χ2v) is 4.53. The Morgan fingerprint density at radius 1 is 1.33 bits per heavy atom. The maximum absolute atomic E-state index is 10.5. The lowest BCUT2D eigenvalue weighted by molar-refractivity contribution is 0.352. The highest BCUT2D eigenvalue weighted by Gasteiger charge is 2.07. The number of ether oxygens (including phenoxy) is 1. The first-order chi connectivity index (χ1) is 6.97. The second-order valence-electron chi connectivity index (χ2n) is 3.08. The van der Waals surface area contributed by atoms with Crippen molar-refractivity contribution in [2.45, 2.75) is 0 Å². The third kappa shape index (κ3) is 5.19. The summed E-state index contributed by atoms with van der Waals surface area (Å²) in [7, 11) is -4.01. The Bertz CT molecular complexity index is 422. The van der Waals surface area contributed by atoms with Gasteiger partial charge in [0.15, 0.2) is 0 Å². The van der Waals surface area contributed by atoms with Gasteiger partial charge < -0.3 is 4.74 Å². The zero-order valence-corrected chi connectivity index (χ0v) is 8.90. The molecular formula is C10H12O4S. The molecule has 1 N–H and O–H groups in total. The topological polar surface area (TPSA) is 63.6 Å². The van der Waals surface area contributed by atoms with Gasteiger partial charge in [-0.3, -0.25) is 4.55 Å². The van der Waals surface area contributed by atoms with Crippen LogP contribution in [-0.2, 0) is 10.1 Å². The summed E-state index contributed by atoms with van der Waals surface area (Å²) in [5.74, 6) is 0.161. The lowest BCUT2D eigenvalue weighted by Gasteiger charge is -2.06. The predicted molar refractivity (Wildman–Crippen MR) is 57.5 cm³/mol. The SMILES string of the molecule is C=C(COc1ccccc1)CS(=O)(=O)O. The van der Waals surface area contributed by atoms with Crippen LogP contribution >= 0.6 is 0 Å². The fourth-order valence-corrected chi connectivity index (χ4v) is 1.60. The van der Waals surface area contributed by atoms with Crippen LogP contribution in [0.4, 0.5) is 0 Å². The molecule has 1 aromatic carbocycles. The van der Waals surface area contributed by atoms with Gasteiger partial charge in [0.05, 0.1) is 5.75 Å². The van der Waals surface area contributed by atoms with Crippen LogP contribution in [0.3, 0.4) is 0 Å². The molecule has 0 fully saturated rings. The Balaban J connectivity index is 2.42. The molecule has 1 aromatic rings. The lowest BCUT2D eigenvalue weighted by atomic mass is 10.3. The number of rotatable bonds is 5. The highest BCUT2D eigenvalue weighted by molar-refractivity contribution is 7.85. The van der Waals surface area contributed by atoms with E-state index in [0.29, 0.717) is 11.3 Å². The summed E-state index contributed by atoms with van der Waals surface area (Å²) >= 11 is 0. The molecule has 1 rings (SSSR count). The molecule has 0 radical (unpaired) electrons. The van der Waals surface area contributed by atoms with Crippen molar-refractivity contribution in [3.8, 4) is 5.75 Å². The van der Waals surface area contributed by atoms with E-state index in [9.17, 15) is 8.42 Å². The molecule has 82 valence electrons. The van der Waals surface area contributed by atoms with Gasteiger partial charge in [-0.25, -0.2) is 0 Å². The highest BCUT2D eigenvalue weighted by Crippen LogP contribution is 2.09. The normalized spacial score (nSPS) is 11.0. The Morgan fingerprint density at radius 2 is 1.93 bits per heavy atom. The zero-order chi connectivity index (χ0) is 11.3. The Morgan fingerprint density at radius 3 is 2.47 bits per heavy atom. The molecule has 0 aliphatic rings. The standard InChI is InChI=1S/C10H12O4S/c1-9(8-15(11,12)13)7-14-10-5-3-2-4-6-10/h2-6H,1,7-8H2,(H,11,12,13). The summed E-state index contributed by atoms with van der Waals surface area (Å²) in [4.78, 5) is 0. The highest BCUT2D eigenvalue weighted by atomic mass is 32.2. The maximum Gasteiger partial charge on any atom is 0.268 e. The van der Waals surface area contributed by atoms with Gasteiger partial charge in [-0.15, -0.1) is 0 Å². The van der Waals surface area contributed by atoms with Crippen molar-refractivity contribution in [2.24, 2.45) is 0 Å². The minimum absolute atomic E-state index is 0.0732. The molecule has 4 nitrogen and oxygen atoms in total. The van der Waals surface area contributed by atoms with Crippen LogP contribution in [0.1, 0.15) is 0 Å². The molecule has 0 aromatic heterocycles. The molecule has 0 saturated heterocycles. The van der Waals surface area contributed by atoms with Crippen molar-refractivity contribution in [3.05, 3.63) is 42.5 Å². The van der Waals surface area contributed by atoms with Gasteiger partial charge in [-0.1, -0.05) is 24.8 Å². The summed E-state index contributed by atoms with van der Waals surface area (Å²) in [6, 6.07) is 8.96. The van der Waals surface area contributed by atoms with Crippen molar-refractivity contribution in [3.63, 3.8) is 0 Å². The van der Waals surface area contributed by atoms with Gasteiger partial charge in [0.25, 0.3) is 10.1 Å². The van der Waals surface area contributed by atoms with E-state index in [1.165, 1.54) is 0 Å². The van der Waals surface area contributed by atoms with Gasteiger partial charge in [0, 0.05) is 0 Å². The minimum Gasteiger partial charge on any atom is -0.489 e. The molecule has 0 bridgehead atoms. The third-order valence-electron chi connectivity index (χ3n) is 1.57. The van der Waals surface area contributed by atoms with Crippen molar-refractivity contribution < 1.29 is 17.7 Å². The van der Waals surface area contributed by atoms with Crippen LogP contribution in [0.15, 0.2) is 42.5 Å². The lowest BCUT2D eigenvalue weighted by Crippen LogP contribution is -2.11. The largest absolute Gasteiger partial charge is 0.489 e. The quantitative estimate of drug-likeness (QED) is 0.613.